The molecule has 116 valence electrons. The van der Waals surface area contributed by atoms with Crippen LogP contribution in [-0.2, 0) is 17.7 Å². The molecule has 0 spiro atoms. The Bertz CT molecular complexity index is 590. The number of nitrogen functional groups attached to an aromatic ring is 1. The summed E-state index contributed by atoms with van der Waals surface area (Å²) in [5, 5.41) is 0. The average molecular weight is 298 g/mol. The molecule has 1 aliphatic rings. The van der Waals surface area contributed by atoms with Gasteiger partial charge in [-0.3, -0.25) is 9.88 Å². The third-order valence-electron chi connectivity index (χ3n) is 3.94. The topological polar surface area (TPSA) is 64.3 Å². The monoisotopic (exact) mass is 298 g/mol. The first-order chi connectivity index (χ1) is 10.8. The van der Waals surface area contributed by atoms with E-state index in [4.69, 9.17) is 10.5 Å². The quantitative estimate of drug-likeness (QED) is 0.913. The van der Waals surface area contributed by atoms with Gasteiger partial charge >= 0.3 is 0 Å². The Balaban J connectivity index is 1.50. The van der Waals surface area contributed by atoms with Crippen LogP contribution in [0, 0.1) is 0 Å². The summed E-state index contributed by atoms with van der Waals surface area (Å²) in [6, 6.07) is 10.0. The van der Waals surface area contributed by atoms with Gasteiger partial charge in [0.15, 0.2) is 0 Å². The van der Waals surface area contributed by atoms with Crippen LogP contribution in [0.25, 0.3) is 0 Å². The fourth-order valence-corrected chi connectivity index (χ4v) is 2.80. The summed E-state index contributed by atoms with van der Waals surface area (Å²) in [5.74, 6) is 0.582. The first-order valence-electron chi connectivity index (χ1n) is 7.74. The molecule has 0 aromatic carbocycles. The number of morpholine rings is 1. The van der Waals surface area contributed by atoms with Gasteiger partial charge in [0.2, 0.25) is 0 Å². The summed E-state index contributed by atoms with van der Waals surface area (Å²) in [6.45, 7) is 3.60. The normalized spacial score (nSPS) is 19.2. The first kappa shape index (κ1) is 14.9. The van der Waals surface area contributed by atoms with Crippen LogP contribution >= 0.6 is 0 Å². The number of aromatic nitrogens is 2. The zero-order valence-corrected chi connectivity index (χ0v) is 12.7. The van der Waals surface area contributed by atoms with Gasteiger partial charge in [-0.2, -0.15) is 0 Å². The van der Waals surface area contributed by atoms with Crippen molar-refractivity contribution < 1.29 is 4.74 Å². The second-order valence-electron chi connectivity index (χ2n) is 5.68. The van der Waals surface area contributed by atoms with E-state index in [0.29, 0.717) is 5.82 Å². The van der Waals surface area contributed by atoms with Crippen LogP contribution in [0.4, 0.5) is 5.82 Å². The van der Waals surface area contributed by atoms with E-state index in [0.717, 1.165) is 44.8 Å². The molecule has 3 rings (SSSR count). The minimum absolute atomic E-state index is 0.270. The fourth-order valence-electron chi connectivity index (χ4n) is 2.80. The molecule has 22 heavy (non-hydrogen) atoms. The molecule has 1 fully saturated rings. The molecule has 2 aromatic heterocycles. The van der Waals surface area contributed by atoms with Crippen molar-refractivity contribution in [3.63, 3.8) is 0 Å². The molecular weight excluding hydrogens is 276 g/mol. The summed E-state index contributed by atoms with van der Waals surface area (Å²) < 4.78 is 5.89. The Morgan fingerprint density at radius 1 is 1.23 bits per heavy atom. The van der Waals surface area contributed by atoms with Crippen LogP contribution in [0.15, 0.2) is 42.7 Å². The minimum atomic E-state index is 0.270. The standard InChI is InChI=1S/C17H22N4O/c18-17-11-14(6-8-20-17)4-5-16-13-21(9-10-22-16)12-15-3-1-2-7-19-15/h1-3,6-8,11,16H,4-5,9-10,12-13H2,(H2,18,20)/t16-/m1/s1. The van der Waals surface area contributed by atoms with Crippen LogP contribution in [0.1, 0.15) is 17.7 Å². The number of nitrogens with two attached hydrogens (primary N) is 1. The molecule has 0 amide bonds. The number of anilines is 1. The Hall–Kier alpha value is -1.98. The lowest BCUT2D eigenvalue weighted by Crippen LogP contribution is -2.42. The van der Waals surface area contributed by atoms with Crippen molar-refractivity contribution >= 4 is 5.82 Å². The highest BCUT2D eigenvalue weighted by Gasteiger charge is 2.20. The molecule has 1 aliphatic heterocycles. The molecule has 0 unspecified atom stereocenters. The molecule has 0 bridgehead atoms. The molecule has 0 radical (unpaired) electrons. The number of ether oxygens (including phenoxy) is 1. The SMILES string of the molecule is Nc1cc(CC[C@@H]2CN(Cc3ccccn3)CCO2)ccn1. The number of hydrogen-bond donors (Lipinski definition) is 1. The van der Waals surface area contributed by atoms with E-state index in [1.54, 1.807) is 6.20 Å². The molecule has 1 saturated heterocycles. The fraction of sp³-hybridized carbons (Fsp3) is 0.412. The van der Waals surface area contributed by atoms with E-state index < -0.39 is 0 Å². The van der Waals surface area contributed by atoms with Crippen molar-refractivity contribution in [2.75, 3.05) is 25.4 Å². The number of pyridine rings is 2. The maximum absolute atomic E-state index is 5.89. The molecular formula is C17H22N4O. The summed E-state index contributed by atoms with van der Waals surface area (Å²) in [7, 11) is 0. The van der Waals surface area contributed by atoms with E-state index >= 15 is 0 Å². The van der Waals surface area contributed by atoms with Gasteiger partial charge in [-0.1, -0.05) is 6.07 Å². The Labute approximate surface area is 131 Å². The van der Waals surface area contributed by atoms with Gasteiger partial charge in [0.25, 0.3) is 0 Å². The molecule has 0 aliphatic carbocycles. The van der Waals surface area contributed by atoms with E-state index in [1.165, 1.54) is 5.56 Å². The van der Waals surface area contributed by atoms with Crippen molar-refractivity contribution in [1.82, 2.24) is 14.9 Å². The van der Waals surface area contributed by atoms with Crippen LogP contribution in [0.3, 0.4) is 0 Å². The van der Waals surface area contributed by atoms with Crippen LogP contribution < -0.4 is 5.73 Å². The third-order valence-corrected chi connectivity index (χ3v) is 3.94. The predicted octanol–water partition coefficient (Wildman–Crippen LogP) is 1.89. The maximum Gasteiger partial charge on any atom is 0.123 e. The van der Waals surface area contributed by atoms with Gasteiger partial charge in [-0.25, -0.2) is 4.98 Å². The largest absolute Gasteiger partial charge is 0.384 e. The lowest BCUT2D eigenvalue weighted by molar-refractivity contribution is -0.0349. The van der Waals surface area contributed by atoms with Crippen LogP contribution in [-0.4, -0.2) is 40.7 Å². The van der Waals surface area contributed by atoms with Crippen molar-refractivity contribution in [3.05, 3.63) is 54.0 Å². The van der Waals surface area contributed by atoms with Gasteiger partial charge in [-0.05, 0) is 42.7 Å². The van der Waals surface area contributed by atoms with Crippen LogP contribution in [0.2, 0.25) is 0 Å². The van der Waals surface area contributed by atoms with E-state index in [2.05, 4.69) is 20.9 Å². The molecule has 2 aromatic rings. The van der Waals surface area contributed by atoms with Crippen molar-refractivity contribution in [1.29, 1.82) is 0 Å². The van der Waals surface area contributed by atoms with Gasteiger partial charge in [0.1, 0.15) is 5.82 Å². The number of nitrogens with zero attached hydrogens (tertiary/aromatic N) is 3. The van der Waals surface area contributed by atoms with E-state index in [1.807, 2.05) is 30.5 Å². The molecule has 2 N–H and O–H groups in total. The van der Waals surface area contributed by atoms with Gasteiger partial charge < -0.3 is 10.5 Å². The smallest absolute Gasteiger partial charge is 0.123 e. The zero-order chi connectivity index (χ0) is 15.2. The molecule has 1 atom stereocenters. The average Bonchev–Trinajstić information content (AvgIpc) is 2.54. The van der Waals surface area contributed by atoms with Crippen molar-refractivity contribution in [3.8, 4) is 0 Å². The summed E-state index contributed by atoms with van der Waals surface area (Å²) in [6.07, 6.45) is 5.85. The highest BCUT2D eigenvalue weighted by Crippen LogP contribution is 2.15. The Kier molecular flexibility index (Phi) is 4.98. The third kappa shape index (κ3) is 4.26. The lowest BCUT2D eigenvalue weighted by atomic mass is 10.1. The Morgan fingerprint density at radius 3 is 3.00 bits per heavy atom. The van der Waals surface area contributed by atoms with Gasteiger partial charge in [0, 0.05) is 32.0 Å². The van der Waals surface area contributed by atoms with E-state index in [-0.39, 0.29) is 6.10 Å². The van der Waals surface area contributed by atoms with Crippen molar-refractivity contribution in [2.45, 2.75) is 25.5 Å². The number of hydrogen-bond acceptors (Lipinski definition) is 5. The highest BCUT2D eigenvalue weighted by molar-refractivity contribution is 5.31. The summed E-state index contributed by atoms with van der Waals surface area (Å²) in [4.78, 5) is 10.8. The molecule has 5 heteroatoms. The molecule has 3 heterocycles. The second kappa shape index (κ2) is 7.33. The summed E-state index contributed by atoms with van der Waals surface area (Å²) >= 11 is 0. The number of rotatable bonds is 5. The predicted molar refractivity (Wildman–Crippen MR) is 86.2 cm³/mol. The van der Waals surface area contributed by atoms with Gasteiger partial charge in [0.05, 0.1) is 18.4 Å². The van der Waals surface area contributed by atoms with Gasteiger partial charge in [-0.15, -0.1) is 0 Å². The second-order valence-corrected chi connectivity index (χ2v) is 5.68. The van der Waals surface area contributed by atoms with Crippen molar-refractivity contribution in [2.24, 2.45) is 0 Å². The maximum atomic E-state index is 5.89. The minimum Gasteiger partial charge on any atom is -0.384 e. The Morgan fingerprint density at radius 2 is 2.18 bits per heavy atom. The molecule has 0 saturated carbocycles. The molecule has 5 nitrogen and oxygen atoms in total. The zero-order valence-electron chi connectivity index (χ0n) is 12.7. The number of aryl methyl sites for hydroxylation is 1. The van der Waals surface area contributed by atoms with Crippen LogP contribution in [0.5, 0.6) is 0 Å². The lowest BCUT2D eigenvalue weighted by Gasteiger charge is -2.32. The van der Waals surface area contributed by atoms with E-state index in [9.17, 15) is 0 Å². The highest BCUT2D eigenvalue weighted by atomic mass is 16.5. The summed E-state index contributed by atoms with van der Waals surface area (Å²) in [5.41, 5.74) is 8.05. The first-order valence-corrected chi connectivity index (χ1v) is 7.74.